The summed E-state index contributed by atoms with van der Waals surface area (Å²) in [6, 6.07) is 13.1. The van der Waals surface area contributed by atoms with Crippen molar-refractivity contribution in [2.24, 2.45) is 0 Å². The number of carbonyl (C=O) groups excluding carboxylic acids is 1. The number of aromatic nitrogens is 5. The Kier molecular flexibility index (Phi) is 6.66. The highest BCUT2D eigenvalue weighted by atomic mass is 16.1. The second kappa shape index (κ2) is 9.97. The molecular weight excluding hydrogens is 392 g/mol. The number of carbonyl (C=O) groups is 1. The average molecular weight is 419 g/mol. The van der Waals surface area contributed by atoms with Gasteiger partial charge in [0, 0.05) is 32.1 Å². The van der Waals surface area contributed by atoms with Crippen LogP contribution in [0.2, 0.25) is 0 Å². The summed E-state index contributed by atoms with van der Waals surface area (Å²) in [4.78, 5) is 28.8. The molecule has 0 spiro atoms. The van der Waals surface area contributed by atoms with Gasteiger partial charge < -0.3 is 5.32 Å². The predicted octanol–water partition coefficient (Wildman–Crippen LogP) is 2.75. The molecule has 0 aliphatic rings. The average Bonchev–Trinajstić information content (AvgIpc) is 3.21. The summed E-state index contributed by atoms with van der Waals surface area (Å²) >= 11 is 0. The number of aryl methyl sites for hydroxylation is 2. The molecule has 8 nitrogen and oxygen atoms in total. The Hall–Kier alpha value is -3.55. The van der Waals surface area contributed by atoms with Crippen LogP contribution in [0, 0.1) is 0 Å². The smallest absolute Gasteiger partial charge is 0.261 e. The first kappa shape index (κ1) is 20.7. The number of fused-ring (bicyclic) bond motifs is 2. The van der Waals surface area contributed by atoms with Gasteiger partial charge in [-0.1, -0.05) is 31.0 Å². The number of hydrogen-bond acceptors (Lipinski definition) is 5. The molecule has 1 N–H and O–H groups in total. The maximum atomic E-state index is 12.4. The lowest BCUT2D eigenvalue weighted by atomic mass is 10.1. The third-order valence-electron chi connectivity index (χ3n) is 5.34. The van der Waals surface area contributed by atoms with Crippen LogP contribution in [0.5, 0.6) is 0 Å². The van der Waals surface area contributed by atoms with Crippen molar-refractivity contribution >= 4 is 22.5 Å². The highest BCUT2D eigenvalue weighted by molar-refractivity contribution is 5.77. The number of rotatable bonds is 10. The SMILES string of the molecule is O=C(CCn1cnc2ccccc2c1=O)NCCCCCCc1nnc2ccccn12. The molecule has 160 valence electrons. The van der Waals surface area contributed by atoms with Gasteiger partial charge in [-0.3, -0.25) is 18.6 Å². The van der Waals surface area contributed by atoms with Crippen LogP contribution in [0.15, 0.2) is 59.8 Å². The minimum absolute atomic E-state index is 0.0463. The lowest BCUT2D eigenvalue weighted by molar-refractivity contribution is -0.121. The number of pyridine rings is 1. The quantitative estimate of drug-likeness (QED) is 0.400. The molecule has 1 amide bonds. The van der Waals surface area contributed by atoms with Crippen molar-refractivity contribution in [2.75, 3.05) is 6.54 Å². The molecule has 0 radical (unpaired) electrons. The Bertz CT molecular complexity index is 1230. The second-order valence-electron chi connectivity index (χ2n) is 7.57. The van der Waals surface area contributed by atoms with Gasteiger partial charge in [-0.2, -0.15) is 0 Å². The van der Waals surface area contributed by atoms with Crippen molar-refractivity contribution in [3.63, 3.8) is 0 Å². The number of nitrogens with one attached hydrogen (secondary N) is 1. The summed E-state index contributed by atoms with van der Waals surface area (Å²) in [5, 5.41) is 11.9. The Morgan fingerprint density at radius 1 is 0.968 bits per heavy atom. The molecule has 31 heavy (non-hydrogen) atoms. The van der Waals surface area contributed by atoms with Crippen LogP contribution in [-0.4, -0.2) is 36.6 Å². The first-order chi connectivity index (χ1) is 15.2. The van der Waals surface area contributed by atoms with E-state index < -0.39 is 0 Å². The van der Waals surface area contributed by atoms with Gasteiger partial charge in [0.05, 0.1) is 17.2 Å². The van der Waals surface area contributed by atoms with E-state index in [0.29, 0.717) is 24.0 Å². The van der Waals surface area contributed by atoms with Crippen molar-refractivity contribution in [1.29, 1.82) is 0 Å². The van der Waals surface area contributed by atoms with E-state index in [2.05, 4.69) is 20.5 Å². The van der Waals surface area contributed by atoms with Gasteiger partial charge in [0.25, 0.3) is 5.56 Å². The van der Waals surface area contributed by atoms with E-state index in [4.69, 9.17) is 0 Å². The fourth-order valence-electron chi connectivity index (χ4n) is 3.63. The van der Waals surface area contributed by atoms with Gasteiger partial charge in [0.1, 0.15) is 5.82 Å². The highest BCUT2D eigenvalue weighted by Gasteiger charge is 2.07. The largest absolute Gasteiger partial charge is 0.356 e. The van der Waals surface area contributed by atoms with E-state index in [9.17, 15) is 9.59 Å². The van der Waals surface area contributed by atoms with Gasteiger partial charge >= 0.3 is 0 Å². The summed E-state index contributed by atoms with van der Waals surface area (Å²) in [5.74, 6) is 0.942. The molecule has 0 aliphatic carbocycles. The van der Waals surface area contributed by atoms with Gasteiger partial charge in [-0.15, -0.1) is 10.2 Å². The van der Waals surface area contributed by atoms with E-state index in [1.165, 1.54) is 10.9 Å². The predicted molar refractivity (Wildman–Crippen MR) is 119 cm³/mol. The van der Waals surface area contributed by atoms with Gasteiger partial charge in [0.2, 0.25) is 5.91 Å². The first-order valence-corrected chi connectivity index (χ1v) is 10.7. The normalized spacial score (nSPS) is 11.2. The van der Waals surface area contributed by atoms with Crippen molar-refractivity contribution in [2.45, 2.75) is 45.1 Å². The molecular formula is C23H26N6O2. The Balaban J connectivity index is 1.12. The van der Waals surface area contributed by atoms with Crippen LogP contribution in [0.4, 0.5) is 0 Å². The molecule has 0 bridgehead atoms. The van der Waals surface area contributed by atoms with Crippen LogP contribution < -0.4 is 10.9 Å². The summed E-state index contributed by atoms with van der Waals surface area (Å²) in [6.45, 7) is 0.979. The molecule has 0 saturated carbocycles. The van der Waals surface area contributed by atoms with Crippen LogP contribution in [0.25, 0.3) is 16.6 Å². The van der Waals surface area contributed by atoms with Crippen LogP contribution in [0.1, 0.15) is 37.9 Å². The molecule has 3 aromatic heterocycles. The van der Waals surface area contributed by atoms with Crippen molar-refractivity contribution in [3.8, 4) is 0 Å². The zero-order valence-electron chi connectivity index (χ0n) is 17.4. The van der Waals surface area contributed by atoms with Crippen LogP contribution >= 0.6 is 0 Å². The summed E-state index contributed by atoms with van der Waals surface area (Å²) in [6.07, 6.45) is 8.76. The summed E-state index contributed by atoms with van der Waals surface area (Å²) < 4.78 is 3.52. The van der Waals surface area contributed by atoms with E-state index in [0.717, 1.165) is 43.6 Å². The Labute approximate surface area is 180 Å². The number of para-hydroxylation sites is 1. The van der Waals surface area contributed by atoms with Crippen LogP contribution in [-0.2, 0) is 17.8 Å². The van der Waals surface area contributed by atoms with E-state index in [1.807, 2.05) is 47.0 Å². The maximum absolute atomic E-state index is 12.4. The monoisotopic (exact) mass is 418 g/mol. The maximum Gasteiger partial charge on any atom is 0.261 e. The fourth-order valence-corrected chi connectivity index (χ4v) is 3.63. The van der Waals surface area contributed by atoms with Gasteiger partial charge in [-0.05, 0) is 37.1 Å². The molecule has 0 atom stereocenters. The minimum Gasteiger partial charge on any atom is -0.356 e. The topological polar surface area (TPSA) is 94.2 Å². The standard InChI is InChI=1S/C23H26N6O2/c30-22(13-16-28-17-25-19-10-5-4-9-18(19)23(28)31)24-14-7-2-1-3-11-20-26-27-21-12-6-8-15-29(20)21/h4-6,8-10,12,15,17H,1-3,7,11,13-14,16H2,(H,24,30). The molecule has 1 aromatic carbocycles. The van der Waals surface area contributed by atoms with Crippen molar-refractivity contribution in [3.05, 3.63) is 71.2 Å². The molecule has 4 aromatic rings. The number of unbranched alkanes of at least 4 members (excludes halogenated alkanes) is 3. The molecule has 0 aliphatic heterocycles. The van der Waals surface area contributed by atoms with Crippen LogP contribution in [0.3, 0.4) is 0 Å². The molecule has 0 unspecified atom stereocenters. The minimum atomic E-state index is -0.112. The number of benzene rings is 1. The number of amides is 1. The van der Waals surface area contributed by atoms with Gasteiger partial charge in [0.15, 0.2) is 5.65 Å². The number of nitrogens with zero attached hydrogens (tertiary/aromatic N) is 5. The molecule has 0 saturated heterocycles. The Morgan fingerprint density at radius 2 is 1.81 bits per heavy atom. The Morgan fingerprint density at radius 3 is 2.74 bits per heavy atom. The molecule has 3 heterocycles. The molecule has 8 heteroatoms. The first-order valence-electron chi connectivity index (χ1n) is 10.7. The highest BCUT2D eigenvalue weighted by Crippen LogP contribution is 2.08. The fraction of sp³-hybridized carbons (Fsp3) is 0.348. The van der Waals surface area contributed by atoms with E-state index >= 15 is 0 Å². The lowest BCUT2D eigenvalue weighted by Crippen LogP contribution is -2.28. The molecule has 0 fully saturated rings. The van der Waals surface area contributed by atoms with Gasteiger partial charge in [-0.25, -0.2) is 4.98 Å². The van der Waals surface area contributed by atoms with Crippen molar-refractivity contribution in [1.82, 2.24) is 29.5 Å². The third kappa shape index (κ3) is 5.14. The second-order valence-corrected chi connectivity index (χ2v) is 7.57. The summed E-state index contributed by atoms with van der Waals surface area (Å²) in [7, 11) is 0. The molecule has 4 rings (SSSR count). The van der Waals surface area contributed by atoms with E-state index in [-0.39, 0.29) is 17.9 Å². The van der Waals surface area contributed by atoms with Crippen molar-refractivity contribution < 1.29 is 4.79 Å². The zero-order chi connectivity index (χ0) is 21.5. The zero-order valence-corrected chi connectivity index (χ0v) is 17.4. The summed E-state index contributed by atoms with van der Waals surface area (Å²) in [5.41, 5.74) is 1.44. The third-order valence-corrected chi connectivity index (χ3v) is 5.34. The number of hydrogen-bond donors (Lipinski definition) is 1. The lowest BCUT2D eigenvalue weighted by Gasteiger charge is -2.08. The van der Waals surface area contributed by atoms with E-state index in [1.54, 1.807) is 6.07 Å².